The second-order valence-electron chi connectivity index (χ2n) is 5.15. The van der Waals surface area contributed by atoms with Crippen molar-refractivity contribution in [3.63, 3.8) is 0 Å². The third-order valence-electron chi connectivity index (χ3n) is 3.46. The standard InChI is InChI=1S/C17H10Cl6O3/c1-26-15(25)10-4-2-9(3-5-10)14(24)11-6-7-12(16(18,19)20)13(8-11)17(21,22)23/h2-8H,1H3. The molecule has 138 valence electrons. The summed E-state index contributed by atoms with van der Waals surface area (Å²) >= 11 is 35.6. The number of rotatable bonds is 3. The molecule has 0 unspecified atom stereocenters. The first-order chi connectivity index (χ1) is 11.9. The Morgan fingerprint density at radius 3 is 1.65 bits per heavy atom. The van der Waals surface area contributed by atoms with Crippen molar-refractivity contribution >= 4 is 81.4 Å². The lowest BCUT2D eigenvalue weighted by Crippen LogP contribution is -2.14. The topological polar surface area (TPSA) is 43.4 Å². The summed E-state index contributed by atoms with van der Waals surface area (Å²) in [5.41, 5.74) is 1.11. The van der Waals surface area contributed by atoms with Gasteiger partial charge >= 0.3 is 5.97 Å². The lowest BCUT2D eigenvalue weighted by Gasteiger charge is -2.22. The van der Waals surface area contributed by atoms with E-state index < -0.39 is 13.6 Å². The van der Waals surface area contributed by atoms with Gasteiger partial charge in [-0.3, -0.25) is 4.79 Å². The molecule has 0 N–H and O–H groups in total. The number of ketones is 1. The van der Waals surface area contributed by atoms with Crippen molar-refractivity contribution in [1.29, 1.82) is 0 Å². The van der Waals surface area contributed by atoms with Gasteiger partial charge in [-0.1, -0.05) is 93.9 Å². The summed E-state index contributed by atoms with van der Waals surface area (Å²) in [5, 5.41) is 0. The number of halogens is 6. The lowest BCUT2D eigenvalue weighted by molar-refractivity contribution is 0.0600. The fourth-order valence-electron chi connectivity index (χ4n) is 2.21. The van der Waals surface area contributed by atoms with E-state index >= 15 is 0 Å². The highest BCUT2D eigenvalue weighted by Gasteiger charge is 2.35. The fourth-order valence-corrected chi connectivity index (χ4v) is 3.17. The van der Waals surface area contributed by atoms with Crippen LogP contribution in [0.25, 0.3) is 0 Å². The van der Waals surface area contributed by atoms with Crippen LogP contribution in [0.15, 0.2) is 42.5 Å². The molecule has 9 heteroatoms. The van der Waals surface area contributed by atoms with Crippen LogP contribution in [0.3, 0.4) is 0 Å². The van der Waals surface area contributed by atoms with Gasteiger partial charge in [-0.05, 0) is 18.2 Å². The second kappa shape index (κ2) is 8.14. The van der Waals surface area contributed by atoms with Gasteiger partial charge in [0.25, 0.3) is 0 Å². The molecule has 0 bridgehead atoms. The number of hydrogen-bond acceptors (Lipinski definition) is 3. The zero-order chi connectivity index (χ0) is 19.7. The van der Waals surface area contributed by atoms with E-state index in [0.717, 1.165) is 0 Å². The van der Waals surface area contributed by atoms with Gasteiger partial charge in [0, 0.05) is 22.3 Å². The Hall–Kier alpha value is -0.680. The Kier molecular flexibility index (Phi) is 6.76. The minimum atomic E-state index is -1.90. The van der Waals surface area contributed by atoms with Gasteiger partial charge in [-0.2, -0.15) is 0 Å². The number of methoxy groups -OCH3 is 1. The quantitative estimate of drug-likeness (QED) is 0.295. The summed E-state index contributed by atoms with van der Waals surface area (Å²) in [6, 6.07) is 10.2. The molecule has 2 aromatic carbocycles. The molecule has 0 heterocycles. The molecule has 0 amide bonds. The number of ether oxygens (including phenoxy) is 1. The van der Waals surface area contributed by atoms with E-state index in [1.807, 2.05) is 0 Å². The minimum absolute atomic E-state index is 0.0829. The zero-order valence-electron chi connectivity index (χ0n) is 13.0. The van der Waals surface area contributed by atoms with Gasteiger partial charge < -0.3 is 4.74 Å². The molecular formula is C17H10Cl6O3. The highest BCUT2D eigenvalue weighted by molar-refractivity contribution is 6.69. The van der Waals surface area contributed by atoms with Crippen LogP contribution < -0.4 is 0 Å². The van der Waals surface area contributed by atoms with E-state index in [0.29, 0.717) is 11.1 Å². The van der Waals surface area contributed by atoms with E-state index in [9.17, 15) is 9.59 Å². The van der Waals surface area contributed by atoms with Crippen LogP contribution in [0.4, 0.5) is 0 Å². The first-order valence-electron chi connectivity index (χ1n) is 6.96. The Bertz CT molecular complexity index is 835. The molecule has 0 fully saturated rings. The van der Waals surface area contributed by atoms with Crippen molar-refractivity contribution < 1.29 is 14.3 Å². The van der Waals surface area contributed by atoms with Gasteiger partial charge in [0.1, 0.15) is 0 Å². The SMILES string of the molecule is COC(=O)c1ccc(C(=O)c2ccc(C(Cl)(Cl)Cl)c(C(Cl)(Cl)Cl)c2)cc1. The number of carbonyl (C=O) groups is 2. The van der Waals surface area contributed by atoms with Crippen molar-refractivity contribution in [1.82, 2.24) is 0 Å². The molecule has 0 saturated carbocycles. The normalized spacial score (nSPS) is 12.0. The number of carbonyl (C=O) groups excluding carboxylic acids is 2. The van der Waals surface area contributed by atoms with Crippen molar-refractivity contribution in [2.75, 3.05) is 7.11 Å². The predicted octanol–water partition coefficient (Wildman–Crippen LogP) is 6.36. The van der Waals surface area contributed by atoms with E-state index in [1.165, 1.54) is 49.6 Å². The second-order valence-corrected chi connectivity index (χ2v) is 9.72. The summed E-state index contributed by atoms with van der Waals surface area (Å²) in [6.45, 7) is 0. The van der Waals surface area contributed by atoms with Gasteiger partial charge in [-0.15, -0.1) is 0 Å². The maximum atomic E-state index is 12.7. The molecule has 0 aliphatic heterocycles. The van der Waals surface area contributed by atoms with Crippen LogP contribution in [-0.2, 0) is 12.3 Å². The first kappa shape index (κ1) is 21.6. The van der Waals surface area contributed by atoms with Crippen LogP contribution >= 0.6 is 69.6 Å². The highest BCUT2D eigenvalue weighted by Crippen LogP contribution is 2.48. The number of hydrogen-bond donors (Lipinski definition) is 0. The van der Waals surface area contributed by atoms with Crippen LogP contribution in [0.5, 0.6) is 0 Å². The fraction of sp³-hybridized carbons (Fsp3) is 0.176. The molecule has 0 aliphatic rings. The lowest BCUT2D eigenvalue weighted by atomic mass is 9.98. The molecule has 0 radical (unpaired) electrons. The molecule has 0 atom stereocenters. The van der Waals surface area contributed by atoms with Crippen LogP contribution in [0, 0.1) is 0 Å². The molecule has 2 rings (SSSR count). The van der Waals surface area contributed by atoms with Crippen molar-refractivity contribution in [2.24, 2.45) is 0 Å². The molecule has 0 saturated heterocycles. The number of alkyl halides is 6. The van der Waals surface area contributed by atoms with E-state index in [4.69, 9.17) is 69.6 Å². The Morgan fingerprint density at radius 2 is 1.19 bits per heavy atom. The molecule has 3 nitrogen and oxygen atoms in total. The predicted molar refractivity (Wildman–Crippen MR) is 106 cm³/mol. The van der Waals surface area contributed by atoms with Crippen molar-refractivity contribution in [2.45, 2.75) is 7.59 Å². The average molecular weight is 475 g/mol. The minimum Gasteiger partial charge on any atom is -0.465 e. The Morgan fingerprint density at radius 1 is 0.731 bits per heavy atom. The first-order valence-corrected chi connectivity index (χ1v) is 9.23. The monoisotopic (exact) mass is 472 g/mol. The maximum absolute atomic E-state index is 12.7. The van der Waals surface area contributed by atoms with Gasteiger partial charge in [0.15, 0.2) is 5.78 Å². The maximum Gasteiger partial charge on any atom is 0.337 e. The van der Waals surface area contributed by atoms with Gasteiger partial charge in [-0.25, -0.2) is 4.79 Å². The molecule has 2 aromatic rings. The number of benzene rings is 2. The summed E-state index contributed by atoms with van der Waals surface area (Å²) < 4.78 is 0.885. The zero-order valence-corrected chi connectivity index (χ0v) is 17.6. The van der Waals surface area contributed by atoms with Crippen molar-refractivity contribution in [3.8, 4) is 0 Å². The summed E-state index contributed by atoms with van der Waals surface area (Å²) in [4.78, 5) is 24.2. The summed E-state index contributed by atoms with van der Waals surface area (Å²) in [5.74, 6) is -0.859. The number of esters is 1. The van der Waals surface area contributed by atoms with E-state index in [-0.39, 0.29) is 22.5 Å². The Labute approximate surface area is 180 Å². The average Bonchev–Trinajstić information content (AvgIpc) is 2.58. The van der Waals surface area contributed by atoms with Gasteiger partial charge in [0.05, 0.1) is 12.7 Å². The molecule has 0 aliphatic carbocycles. The molecular weight excluding hydrogens is 465 g/mol. The Balaban J connectivity index is 2.45. The van der Waals surface area contributed by atoms with Crippen LogP contribution in [0.1, 0.15) is 37.4 Å². The smallest absolute Gasteiger partial charge is 0.337 e. The van der Waals surface area contributed by atoms with Crippen LogP contribution in [-0.4, -0.2) is 18.9 Å². The van der Waals surface area contributed by atoms with Crippen LogP contribution in [0.2, 0.25) is 0 Å². The highest BCUT2D eigenvalue weighted by atomic mass is 35.6. The van der Waals surface area contributed by atoms with Gasteiger partial charge in [0.2, 0.25) is 7.59 Å². The van der Waals surface area contributed by atoms with E-state index in [2.05, 4.69) is 4.74 Å². The summed E-state index contributed by atoms with van der Waals surface area (Å²) in [6.07, 6.45) is 0. The van der Waals surface area contributed by atoms with Crippen molar-refractivity contribution in [3.05, 3.63) is 70.3 Å². The third kappa shape index (κ3) is 4.98. The third-order valence-corrected chi connectivity index (χ3v) is 4.68. The molecule has 26 heavy (non-hydrogen) atoms. The summed E-state index contributed by atoms with van der Waals surface area (Å²) in [7, 11) is 1.27. The van der Waals surface area contributed by atoms with E-state index in [1.54, 1.807) is 0 Å². The molecule has 0 aromatic heterocycles. The largest absolute Gasteiger partial charge is 0.465 e. The molecule has 0 spiro atoms.